The van der Waals surface area contributed by atoms with Crippen LogP contribution in [-0.2, 0) is 9.53 Å². The van der Waals surface area contributed by atoms with Gasteiger partial charge in [-0.2, -0.15) is 0 Å². The van der Waals surface area contributed by atoms with Crippen LogP contribution in [0.5, 0.6) is 0 Å². The molecule has 90 valence electrons. The number of aliphatic hydroxyl groups is 1. The minimum atomic E-state index is -0.523. The number of aliphatic hydroxyl groups excluding tert-OH is 1. The zero-order valence-corrected chi connectivity index (χ0v) is 9.77. The van der Waals surface area contributed by atoms with Crippen LogP contribution in [0.2, 0.25) is 0 Å². The molecule has 0 aliphatic heterocycles. The van der Waals surface area contributed by atoms with Crippen molar-refractivity contribution >= 4 is 5.91 Å². The summed E-state index contributed by atoms with van der Waals surface area (Å²) in [5.74, 6) is -0.132. The number of amides is 1. The van der Waals surface area contributed by atoms with E-state index in [0.29, 0.717) is 19.6 Å². The molecule has 15 heavy (non-hydrogen) atoms. The molecule has 0 saturated heterocycles. The zero-order valence-electron chi connectivity index (χ0n) is 9.77. The average Bonchev–Trinajstić information content (AvgIpc) is 2.15. The van der Waals surface area contributed by atoms with Gasteiger partial charge in [0.1, 0.15) is 0 Å². The van der Waals surface area contributed by atoms with E-state index >= 15 is 0 Å². The van der Waals surface area contributed by atoms with E-state index in [2.05, 4.69) is 0 Å². The van der Waals surface area contributed by atoms with Crippen LogP contribution >= 0.6 is 0 Å². The van der Waals surface area contributed by atoms with E-state index < -0.39 is 12.1 Å². The number of likely N-dealkylation sites (N-methyl/N-ethyl adjacent to an activating group) is 1. The first-order valence-electron chi connectivity index (χ1n) is 5.16. The maximum absolute atomic E-state index is 11.6. The second-order valence-corrected chi connectivity index (χ2v) is 3.81. The van der Waals surface area contributed by atoms with Crippen LogP contribution in [0.1, 0.15) is 19.8 Å². The summed E-state index contributed by atoms with van der Waals surface area (Å²) < 4.78 is 4.88. The van der Waals surface area contributed by atoms with Crippen LogP contribution in [0.15, 0.2) is 0 Å². The Balaban J connectivity index is 3.85. The summed E-state index contributed by atoms with van der Waals surface area (Å²) in [6.45, 7) is 2.57. The van der Waals surface area contributed by atoms with Crippen molar-refractivity contribution in [1.82, 2.24) is 4.90 Å². The lowest BCUT2D eigenvalue weighted by atomic mass is 10.1. The van der Waals surface area contributed by atoms with Gasteiger partial charge in [0.25, 0.3) is 0 Å². The molecule has 2 atom stereocenters. The highest BCUT2D eigenvalue weighted by Crippen LogP contribution is 2.00. The predicted molar refractivity (Wildman–Crippen MR) is 58.4 cm³/mol. The third-order valence-electron chi connectivity index (χ3n) is 2.10. The smallest absolute Gasteiger partial charge is 0.239 e. The van der Waals surface area contributed by atoms with E-state index in [9.17, 15) is 4.79 Å². The Morgan fingerprint density at radius 3 is 2.67 bits per heavy atom. The Morgan fingerprint density at radius 2 is 2.20 bits per heavy atom. The first-order valence-corrected chi connectivity index (χ1v) is 5.16. The Bertz CT molecular complexity index is 186. The van der Waals surface area contributed by atoms with E-state index in [1.165, 1.54) is 4.90 Å². The van der Waals surface area contributed by atoms with Crippen molar-refractivity contribution in [2.45, 2.75) is 31.9 Å². The monoisotopic (exact) mass is 218 g/mol. The van der Waals surface area contributed by atoms with Crippen molar-refractivity contribution < 1.29 is 14.6 Å². The molecule has 0 spiro atoms. The van der Waals surface area contributed by atoms with Gasteiger partial charge in [0, 0.05) is 27.3 Å². The maximum atomic E-state index is 11.6. The normalized spacial score (nSPS) is 14.7. The molecule has 0 fully saturated rings. The van der Waals surface area contributed by atoms with Crippen molar-refractivity contribution in [2.75, 3.05) is 27.3 Å². The molecule has 0 heterocycles. The third-order valence-corrected chi connectivity index (χ3v) is 2.10. The number of carbonyl (C=O) groups excluding carboxylic acids is 1. The quantitative estimate of drug-likeness (QED) is 0.569. The Kier molecular flexibility index (Phi) is 7.29. The van der Waals surface area contributed by atoms with Crippen LogP contribution in [-0.4, -0.2) is 55.4 Å². The summed E-state index contributed by atoms with van der Waals surface area (Å²) in [5.41, 5.74) is 5.71. The minimum absolute atomic E-state index is 0.132. The standard InChI is InChI=1S/C10H22N2O3/c1-8(13)7-12(2)10(14)9(11)5-4-6-15-3/h8-9,13H,4-7,11H2,1-3H3. The average molecular weight is 218 g/mol. The molecule has 0 aliphatic rings. The van der Waals surface area contributed by atoms with E-state index in [0.717, 1.165) is 6.42 Å². The van der Waals surface area contributed by atoms with Crippen LogP contribution in [0.25, 0.3) is 0 Å². The van der Waals surface area contributed by atoms with Crippen molar-refractivity contribution in [3.63, 3.8) is 0 Å². The molecular weight excluding hydrogens is 196 g/mol. The first-order chi connectivity index (χ1) is 6.99. The summed E-state index contributed by atoms with van der Waals surface area (Å²) in [7, 11) is 3.26. The first kappa shape index (κ1) is 14.3. The van der Waals surface area contributed by atoms with Gasteiger partial charge in [-0.15, -0.1) is 0 Å². The molecular formula is C10H22N2O3. The number of methoxy groups -OCH3 is 1. The highest BCUT2D eigenvalue weighted by atomic mass is 16.5. The largest absolute Gasteiger partial charge is 0.392 e. The van der Waals surface area contributed by atoms with Gasteiger partial charge in [0.05, 0.1) is 12.1 Å². The highest BCUT2D eigenvalue weighted by Gasteiger charge is 2.18. The van der Waals surface area contributed by atoms with Gasteiger partial charge in [-0.1, -0.05) is 0 Å². The fourth-order valence-corrected chi connectivity index (χ4v) is 1.34. The summed E-state index contributed by atoms with van der Waals surface area (Å²) in [6, 6.07) is -0.496. The van der Waals surface area contributed by atoms with Crippen molar-refractivity contribution in [2.24, 2.45) is 5.73 Å². The lowest BCUT2D eigenvalue weighted by molar-refractivity contribution is -0.132. The molecule has 0 aromatic heterocycles. The Morgan fingerprint density at radius 1 is 1.60 bits per heavy atom. The number of nitrogens with two attached hydrogens (primary N) is 1. The van der Waals surface area contributed by atoms with Crippen molar-refractivity contribution in [1.29, 1.82) is 0 Å². The molecule has 0 aliphatic carbocycles. The van der Waals surface area contributed by atoms with Gasteiger partial charge in [-0.3, -0.25) is 4.79 Å². The molecule has 0 rings (SSSR count). The second-order valence-electron chi connectivity index (χ2n) is 3.81. The third kappa shape index (κ3) is 6.43. The van der Waals surface area contributed by atoms with Gasteiger partial charge in [0.2, 0.25) is 5.91 Å². The molecule has 5 heteroatoms. The molecule has 0 bridgehead atoms. The summed E-state index contributed by atoms with van der Waals surface area (Å²) >= 11 is 0. The lowest BCUT2D eigenvalue weighted by Crippen LogP contribution is -2.44. The minimum Gasteiger partial charge on any atom is -0.392 e. The fourth-order valence-electron chi connectivity index (χ4n) is 1.34. The van der Waals surface area contributed by atoms with Gasteiger partial charge in [-0.25, -0.2) is 0 Å². The molecule has 2 unspecified atom stereocenters. The lowest BCUT2D eigenvalue weighted by Gasteiger charge is -2.22. The predicted octanol–water partition coefficient (Wildman–Crippen LogP) is -0.420. The van der Waals surface area contributed by atoms with Gasteiger partial charge < -0.3 is 20.5 Å². The number of carbonyl (C=O) groups is 1. The maximum Gasteiger partial charge on any atom is 0.239 e. The molecule has 0 radical (unpaired) electrons. The van der Waals surface area contributed by atoms with Crippen LogP contribution in [0.4, 0.5) is 0 Å². The Hall–Kier alpha value is -0.650. The number of hydrogen-bond donors (Lipinski definition) is 2. The van der Waals surface area contributed by atoms with Crippen molar-refractivity contribution in [3.05, 3.63) is 0 Å². The topological polar surface area (TPSA) is 75.8 Å². The van der Waals surface area contributed by atoms with Crippen LogP contribution in [0.3, 0.4) is 0 Å². The molecule has 0 aromatic rings. The van der Waals surface area contributed by atoms with E-state index in [1.807, 2.05) is 0 Å². The van der Waals surface area contributed by atoms with Crippen LogP contribution in [0, 0.1) is 0 Å². The van der Waals surface area contributed by atoms with Gasteiger partial charge >= 0.3 is 0 Å². The second kappa shape index (κ2) is 7.62. The molecule has 3 N–H and O–H groups in total. The van der Waals surface area contributed by atoms with Gasteiger partial charge in [0.15, 0.2) is 0 Å². The molecule has 1 amide bonds. The molecule has 0 aromatic carbocycles. The van der Waals surface area contributed by atoms with E-state index in [1.54, 1.807) is 21.1 Å². The summed E-state index contributed by atoms with van der Waals surface area (Å²) in [6.07, 6.45) is 0.855. The van der Waals surface area contributed by atoms with E-state index in [4.69, 9.17) is 15.6 Å². The molecule has 5 nitrogen and oxygen atoms in total. The Labute approximate surface area is 91.2 Å². The number of hydrogen-bond acceptors (Lipinski definition) is 4. The summed E-state index contributed by atoms with van der Waals surface area (Å²) in [5, 5.41) is 9.11. The zero-order chi connectivity index (χ0) is 11.8. The van der Waals surface area contributed by atoms with E-state index in [-0.39, 0.29) is 5.91 Å². The highest BCUT2D eigenvalue weighted by molar-refractivity contribution is 5.81. The number of ether oxygens (including phenoxy) is 1. The van der Waals surface area contributed by atoms with Crippen molar-refractivity contribution in [3.8, 4) is 0 Å². The number of nitrogens with zero attached hydrogens (tertiary/aromatic N) is 1. The SMILES string of the molecule is COCCCC(N)C(=O)N(C)CC(C)O. The molecule has 0 saturated carbocycles. The van der Waals surface area contributed by atoms with Crippen LogP contribution < -0.4 is 5.73 Å². The fraction of sp³-hybridized carbons (Fsp3) is 0.900. The van der Waals surface area contributed by atoms with Gasteiger partial charge in [-0.05, 0) is 19.8 Å². The number of rotatable bonds is 7. The summed E-state index contributed by atoms with van der Waals surface area (Å²) in [4.78, 5) is 13.1.